The van der Waals surface area contributed by atoms with Gasteiger partial charge in [0.15, 0.2) is 11.3 Å². The van der Waals surface area contributed by atoms with Crippen molar-refractivity contribution in [1.82, 2.24) is 10.2 Å². The maximum Gasteiger partial charge on any atom is 0.438 e. The van der Waals surface area contributed by atoms with Gasteiger partial charge in [0.25, 0.3) is 5.56 Å². The summed E-state index contributed by atoms with van der Waals surface area (Å²) in [5.41, 5.74) is -4.12. The second-order valence-electron chi connectivity index (χ2n) is 2.84. The number of hydrogen-bond acceptors (Lipinski definition) is 5. The number of aromatic nitrogens is 2. The summed E-state index contributed by atoms with van der Waals surface area (Å²) in [6.07, 6.45) is -4.99. The molecule has 0 spiro atoms. The normalized spacial score (nSPS) is 11.3. The summed E-state index contributed by atoms with van der Waals surface area (Å²) in [6.45, 7) is 1.25. The van der Waals surface area contributed by atoms with Crippen LogP contribution in [-0.4, -0.2) is 27.9 Å². The summed E-state index contributed by atoms with van der Waals surface area (Å²) >= 11 is 0. The number of H-pyrrole nitrogens is 1. The van der Waals surface area contributed by atoms with Crippen LogP contribution < -0.4 is 5.56 Å². The lowest BCUT2D eigenvalue weighted by molar-refractivity contribution is -0.143. The van der Waals surface area contributed by atoms with Crippen LogP contribution in [-0.2, 0) is 10.9 Å². The first-order valence-electron chi connectivity index (χ1n) is 4.35. The monoisotopic (exact) mass is 252 g/mol. The number of nitrogens with zero attached hydrogens (tertiary/aromatic N) is 1. The van der Waals surface area contributed by atoms with Crippen molar-refractivity contribution in [3.05, 3.63) is 21.6 Å². The minimum Gasteiger partial charge on any atom is -0.505 e. The number of aromatic hydroxyl groups is 1. The van der Waals surface area contributed by atoms with Gasteiger partial charge in [0.2, 0.25) is 5.69 Å². The molecule has 0 atom stereocenters. The Bertz CT molecular complexity index is 495. The quantitative estimate of drug-likeness (QED) is 0.755. The first-order valence-corrected chi connectivity index (χ1v) is 4.35. The molecule has 1 aromatic heterocycles. The van der Waals surface area contributed by atoms with Crippen LogP contribution in [0.3, 0.4) is 0 Å². The summed E-state index contributed by atoms with van der Waals surface area (Å²) in [5.74, 6) is -2.89. The van der Waals surface area contributed by atoms with Gasteiger partial charge in [-0.3, -0.25) is 4.79 Å². The Morgan fingerprint density at radius 2 is 2.12 bits per heavy atom. The molecule has 0 unspecified atom stereocenters. The standard InChI is InChI=1S/C8H7F3N2O4/c1-2-17-7(16)3-4(14)5(8(9,10)11)12-13-6(3)15/h2H2,1H3,(H2,13,14,15). The van der Waals surface area contributed by atoms with Gasteiger partial charge in [0.1, 0.15) is 0 Å². The molecule has 2 N–H and O–H groups in total. The Morgan fingerprint density at radius 3 is 2.59 bits per heavy atom. The average molecular weight is 252 g/mol. The fraction of sp³-hybridized carbons (Fsp3) is 0.375. The average Bonchev–Trinajstić information content (AvgIpc) is 2.15. The number of hydrogen-bond donors (Lipinski definition) is 2. The molecule has 0 radical (unpaired) electrons. The maximum atomic E-state index is 12.3. The van der Waals surface area contributed by atoms with Gasteiger partial charge in [-0.15, -0.1) is 0 Å². The van der Waals surface area contributed by atoms with Crippen LogP contribution in [0.25, 0.3) is 0 Å². The maximum absolute atomic E-state index is 12.3. The molecule has 17 heavy (non-hydrogen) atoms. The van der Waals surface area contributed by atoms with Crippen molar-refractivity contribution in [1.29, 1.82) is 0 Å². The van der Waals surface area contributed by atoms with E-state index < -0.39 is 34.7 Å². The number of nitrogens with one attached hydrogen (secondary N) is 1. The van der Waals surface area contributed by atoms with Gasteiger partial charge in [-0.1, -0.05) is 0 Å². The highest BCUT2D eigenvalue weighted by Gasteiger charge is 2.39. The molecule has 0 aliphatic heterocycles. The van der Waals surface area contributed by atoms with Crippen molar-refractivity contribution in [3.8, 4) is 5.75 Å². The molecule has 0 bridgehead atoms. The summed E-state index contributed by atoms with van der Waals surface area (Å²) in [4.78, 5) is 22.3. The van der Waals surface area contributed by atoms with Crippen LogP contribution in [0.15, 0.2) is 4.79 Å². The topological polar surface area (TPSA) is 92.3 Å². The van der Waals surface area contributed by atoms with Gasteiger partial charge in [-0.05, 0) is 6.92 Å². The summed E-state index contributed by atoms with van der Waals surface area (Å²) < 4.78 is 41.3. The largest absolute Gasteiger partial charge is 0.505 e. The van der Waals surface area contributed by atoms with Gasteiger partial charge >= 0.3 is 12.1 Å². The molecular weight excluding hydrogens is 245 g/mol. The zero-order valence-corrected chi connectivity index (χ0v) is 8.46. The summed E-state index contributed by atoms with van der Waals surface area (Å²) in [7, 11) is 0. The van der Waals surface area contributed by atoms with Gasteiger partial charge < -0.3 is 9.84 Å². The molecule has 6 nitrogen and oxygen atoms in total. The third-order valence-corrected chi connectivity index (χ3v) is 1.71. The minimum atomic E-state index is -4.99. The molecule has 0 amide bonds. The van der Waals surface area contributed by atoms with Gasteiger partial charge in [-0.2, -0.15) is 18.3 Å². The minimum absolute atomic E-state index is 0.151. The number of carbonyl (C=O) groups excluding carboxylic acids is 1. The Hall–Kier alpha value is -2.06. The lowest BCUT2D eigenvalue weighted by atomic mass is 10.2. The predicted octanol–water partition coefficient (Wildman–Crippen LogP) is 0.671. The van der Waals surface area contributed by atoms with Gasteiger partial charge in [-0.25, -0.2) is 9.89 Å². The van der Waals surface area contributed by atoms with E-state index in [0.29, 0.717) is 0 Å². The Morgan fingerprint density at radius 1 is 1.53 bits per heavy atom. The number of halogens is 3. The van der Waals surface area contributed by atoms with Crippen LogP contribution in [0.1, 0.15) is 23.0 Å². The van der Waals surface area contributed by atoms with E-state index in [0.717, 1.165) is 0 Å². The van der Waals surface area contributed by atoms with Crippen molar-refractivity contribution in [2.45, 2.75) is 13.1 Å². The van der Waals surface area contributed by atoms with Gasteiger partial charge in [0.05, 0.1) is 6.61 Å². The summed E-state index contributed by atoms with van der Waals surface area (Å²) in [6, 6.07) is 0. The van der Waals surface area contributed by atoms with Crippen molar-refractivity contribution >= 4 is 5.97 Å². The van der Waals surface area contributed by atoms with Crippen LogP contribution in [0, 0.1) is 0 Å². The number of alkyl halides is 3. The van der Waals surface area contributed by atoms with Crippen LogP contribution in [0.4, 0.5) is 13.2 Å². The predicted molar refractivity (Wildman–Crippen MR) is 47.5 cm³/mol. The molecule has 0 saturated heterocycles. The van der Waals surface area contributed by atoms with E-state index in [1.807, 2.05) is 0 Å². The number of aromatic amines is 1. The molecule has 1 aromatic rings. The van der Waals surface area contributed by atoms with E-state index in [4.69, 9.17) is 0 Å². The lowest BCUT2D eigenvalue weighted by Gasteiger charge is -2.09. The van der Waals surface area contributed by atoms with E-state index in [9.17, 15) is 27.9 Å². The third-order valence-electron chi connectivity index (χ3n) is 1.71. The second kappa shape index (κ2) is 4.44. The molecule has 9 heteroatoms. The first-order chi connectivity index (χ1) is 7.79. The molecule has 94 valence electrons. The van der Waals surface area contributed by atoms with E-state index in [1.165, 1.54) is 12.0 Å². The number of ether oxygens (including phenoxy) is 1. The highest BCUT2D eigenvalue weighted by molar-refractivity contribution is 5.92. The number of esters is 1. The Labute approximate surface area is 92.0 Å². The second-order valence-corrected chi connectivity index (χ2v) is 2.84. The molecular formula is C8H7F3N2O4. The number of carbonyl (C=O) groups is 1. The van der Waals surface area contributed by atoms with Crippen LogP contribution >= 0.6 is 0 Å². The third kappa shape index (κ3) is 2.55. The van der Waals surface area contributed by atoms with E-state index >= 15 is 0 Å². The fourth-order valence-electron chi connectivity index (χ4n) is 1.03. The molecule has 1 rings (SSSR count). The van der Waals surface area contributed by atoms with Crippen molar-refractivity contribution in [2.75, 3.05) is 6.61 Å². The van der Waals surface area contributed by atoms with Crippen molar-refractivity contribution in [2.24, 2.45) is 0 Å². The molecule has 0 aliphatic carbocycles. The molecule has 0 saturated carbocycles. The van der Waals surface area contributed by atoms with Crippen molar-refractivity contribution in [3.63, 3.8) is 0 Å². The Balaban J connectivity index is 3.41. The smallest absolute Gasteiger partial charge is 0.438 e. The van der Waals surface area contributed by atoms with E-state index in [-0.39, 0.29) is 6.61 Å². The molecule has 1 heterocycles. The SMILES string of the molecule is CCOC(=O)c1c(O)c(C(F)(F)F)n[nH]c1=O. The van der Waals surface area contributed by atoms with Crippen LogP contribution in [0.2, 0.25) is 0 Å². The zero-order valence-electron chi connectivity index (χ0n) is 8.46. The molecule has 0 aliphatic rings. The highest BCUT2D eigenvalue weighted by atomic mass is 19.4. The van der Waals surface area contributed by atoms with E-state index in [2.05, 4.69) is 9.84 Å². The lowest BCUT2D eigenvalue weighted by Crippen LogP contribution is -2.24. The zero-order chi connectivity index (χ0) is 13.2. The van der Waals surface area contributed by atoms with Crippen molar-refractivity contribution < 1.29 is 27.8 Å². The highest BCUT2D eigenvalue weighted by Crippen LogP contribution is 2.34. The van der Waals surface area contributed by atoms with E-state index in [1.54, 1.807) is 0 Å². The molecule has 0 fully saturated rings. The van der Waals surface area contributed by atoms with Crippen LogP contribution in [0.5, 0.6) is 5.75 Å². The Kier molecular flexibility index (Phi) is 3.39. The van der Waals surface area contributed by atoms with Gasteiger partial charge in [0, 0.05) is 0 Å². The first kappa shape index (κ1) is 13.0. The molecule has 0 aromatic carbocycles. The fourth-order valence-corrected chi connectivity index (χ4v) is 1.03. The summed E-state index contributed by atoms with van der Waals surface area (Å²) in [5, 5.41) is 13.3. The number of rotatable bonds is 2.